The van der Waals surface area contributed by atoms with E-state index in [9.17, 15) is 8.42 Å². The van der Waals surface area contributed by atoms with Gasteiger partial charge in [-0.15, -0.1) is 11.3 Å². The summed E-state index contributed by atoms with van der Waals surface area (Å²) in [6, 6.07) is 11.1. The van der Waals surface area contributed by atoms with E-state index in [0.717, 1.165) is 24.2 Å². The maximum Gasteiger partial charge on any atom is 0.250 e. The normalized spacial score (nSPS) is 17.7. The van der Waals surface area contributed by atoms with Gasteiger partial charge >= 0.3 is 0 Å². The topological polar surface area (TPSA) is 58.6 Å². The number of nitrogens with one attached hydrogen (secondary N) is 1. The van der Waals surface area contributed by atoms with Crippen molar-refractivity contribution in [2.45, 2.75) is 17.2 Å². The average molecular weight is 367 g/mol. The molecule has 3 rings (SSSR count). The summed E-state index contributed by atoms with van der Waals surface area (Å²) in [5.74, 6) is 0. The van der Waals surface area contributed by atoms with Crippen LogP contribution in [-0.2, 0) is 14.8 Å². The number of hydrogen-bond donors (Lipinski definition) is 1. The van der Waals surface area contributed by atoms with Crippen LogP contribution >= 0.6 is 11.3 Å². The Balaban J connectivity index is 1.82. The van der Waals surface area contributed by atoms with Crippen molar-refractivity contribution in [2.24, 2.45) is 0 Å². The van der Waals surface area contributed by atoms with Gasteiger partial charge in [0.15, 0.2) is 0 Å². The smallest absolute Gasteiger partial charge is 0.250 e. The van der Waals surface area contributed by atoms with Crippen molar-refractivity contribution in [2.75, 3.05) is 32.8 Å². The van der Waals surface area contributed by atoms with Gasteiger partial charge in [-0.05, 0) is 23.9 Å². The zero-order valence-electron chi connectivity index (χ0n) is 13.6. The summed E-state index contributed by atoms with van der Waals surface area (Å²) >= 11 is 1.23. The first kappa shape index (κ1) is 17.6. The number of ether oxygens (including phenoxy) is 1. The lowest BCUT2D eigenvalue weighted by molar-refractivity contribution is 0.0345. The molecule has 1 N–H and O–H groups in total. The van der Waals surface area contributed by atoms with Crippen molar-refractivity contribution in [3.05, 3.63) is 52.9 Å². The molecule has 2 aromatic rings. The van der Waals surface area contributed by atoms with E-state index in [1.165, 1.54) is 11.3 Å². The summed E-state index contributed by atoms with van der Waals surface area (Å²) in [5.41, 5.74) is 2.14. The fourth-order valence-electron chi connectivity index (χ4n) is 2.71. The Kier molecular flexibility index (Phi) is 5.68. The van der Waals surface area contributed by atoms with Crippen LogP contribution in [0.15, 0.2) is 46.0 Å². The number of benzene rings is 1. The molecule has 0 saturated carbocycles. The molecule has 0 amide bonds. The van der Waals surface area contributed by atoms with E-state index in [2.05, 4.69) is 9.62 Å². The van der Waals surface area contributed by atoms with Crippen LogP contribution in [0.1, 0.15) is 17.2 Å². The molecule has 130 valence electrons. The molecule has 0 radical (unpaired) electrons. The molecule has 1 aliphatic heterocycles. The Morgan fingerprint density at radius 2 is 1.92 bits per heavy atom. The lowest BCUT2D eigenvalue weighted by Crippen LogP contribution is -2.43. The number of thiophene rings is 1. The number of rotatable bonds is 6. The molecular weight excluding hydrogens is 344 g/mol. The van der Waals surface area contributed by atoms with Crippen LogP contribution in [0.5, 0.6) is 0 Å². The third-order valence-corrected chi connectivity index (χ3v) is 6.95. The highest BCUT2D eigenvalue weighted by molar-refractivity contribution is 7.91. The van der Waals surface area contributed by atoms with Gasteiger partial charge in [0.05, 0.1) is 19.3 Å². The Morgan fingerprint density at radius 1 is 1.21 bits per heavy atom. The quantitative estimate of drug-likeness (QED) is 0.853. The van der Waals surface area contributed by atoms with Crippen molar-refractivity contribution in [3.8, 4) is 0 Å². The molecular formula is C17H22N2O3S2. The maximum atomic E-state index is 12.6. The van der Waals surface area contributed by atoms with Gasteiger partial charge in [0.2, 0.25) is 0 Å². The van der Waals surface area contributed by atoms with Crippen LogP contribution in [0, 0.1) is 6.92 Å². The molecule has 2 heterocycles. The molecule has 1 fully saturated rings. The first-order valence-corrected chi connectivity index (χ1v) is 10.3. The van der Waals surface area contributed by atoms with Crippen LogP contribution in [-0.4, -0.2) is 46.2 Å². The van der Waals surface area contributed by atoms with E-state index in [1.54, 1.807) is 17.5 Å². The third-order valence-electron chi connectivity index (χ3n) is 4.08. The van der Waals surface area contributed by atoms with E-state index in [-0.39, 0.29) is 6.04 Å². The Labute approximate surface area is 147 Å². The van der Waals surface area contributed by atoms with E-state index in [0.29, 0.717) is 24.0 Å². The van der Waals surface area contributed by atoms with Crippen LogP contribution < -0.4 is 4.72 Å². The SMILES string of the molecule is Cc1ccc([C@@H](CN2CCOCC2)NS(=O)(=O)c2cccs2)cc1. The Morgan fingerprint density at radius 3 is 2.54 bits per heavy atom. The molecule has 0 aliphatic carbocycles. The lowest BCUT2D eigenvalue weighted by atomic mass is 10.1. The monoisotopic (exact) mass is 366 g/mol. The first-order chi connectivity index (χ1) is 11.5. The van der Waals surface area contributed by atoms with Crippen LogP contribution in [0.3, 0.4) is 0 Å². The standard InChI is InChI=1S/C17H22N2O3S2/c1-14-4-6-15(7-5-14)16(13-19-8-10-22-11-9-19)18-24(20,21)17-3-2-12-23-17/h2-7,12,16,18H,8-11,13H2,1H3/t16-/m1/s1. The summed E-state index contributed by atoms with van der Waals surface area (Å²) in [5, 5.41) is 1.78. The van der Waals surface area contributed by atoms with E-state index < -0.39 is 10.0 Å². The maximum absolute atomic E-state index is 12.6. The molecule has 7 heteroatoms. The van der Waals surface area contributed by atoms with Crippen LogP contribution in [0.4, 0.5) is 0 Å². The second-order valence-electron chi connectivity index (χ2n) is 5.93. The zero-order valence-corrected chi connectivity index (χ0v) is 15.3. The Bertz CT molecular complexity index is 737. The summed E-state index contributed by atoms with van der Waals surface area (Å²) in [7, 11) is -3.51. The minimum absolute atomic E-state index is 0.282. The molecule has 0 unspecified atom stereocenters. The third kappa shape index (κ3) is 4.43. The minimum atomic E-state index is -3.51. The minimum Gasteiger partial charge on any atom is -0.379 e. The van der Waals surface area contributed by atoms with Gasteiger partial charge in [-0.25, -0.2) is 13.1 Å². The summed E-state index contributed by atoms with van der Waals surface area (Å²) in [4.78, 5) is 2.24. The van der Waals surface area contributed by atoms with Crippen molar-refractivity contribution in [3.63, 3.8) is 0 Å². The average Bonchev–Trinajstić information content (AvgIpc) is 3.11. The molecule has 0 bridgehead atoms. The van der Waals surface area contributed by atoms with Crippen molar-refractivity contribution >= 4 is 21.4 Å². The first-order valence-electron chi connectivity index (χ1n) is 7.97. The largest absolute Gasteiger partial charge is 0.379 e. The van der Waals surface area contributed by atoms with E-state index in [1.807, 2.05) is 31.2 Å². The van der Waals surface area contributed by atoms with Crippen molar-refractivity contribution in [1.82, 2.24) is 9.62 Å². The van der Waals surface area contributed by atoms with Gasteiger partial charge in [0.1, 0.15) is 4.21 Å². The predicted octanol–water partition coefficient (Wildman–Crippen LogP) is 2.41. The van der Waals surface area contributed by atoms with E-state index in [4.69, 9.17) is 4.74 Å². The van der Waals surface area contributed by atoms with Gasteiger partial charge in [-0.2, -0.15) is 0 Å². The number of aryl methyl sites for hydroxylation is 1. The summed E-state index contributed by atoms with van der Waals surface area (Å²) < 4.78 is 33.9. The number of hydrogen-bond acceptors (Lipinski definition) is 5. The predicted molar refractivity (Wildman–Crippen MR) is 95.8 cm³/mol. The molecule has 24 heavy (non-hydrogen) atoms. The van der Waals surface area contributed by atoms with Gasteiger partial charge in [-0.1, -0.05) is 35.9 Å². The fraction of sp³-hybridized carbons (Fsp3) is 0.412. The highest BCUT2D eigenvalue weighted by atomic mass is 32.2. The zero-order chi connectivity index (χ0) is 17.0. The van der Waals surface area contributed by atoms with Gasteiger partial charge < -0.3 is 4.74 Å². The van der Waals surface area contributed by atoms with Crippen molar-refractivity contribution in [1.29, 1.82) is 0 Å². The molecule has 1 atom stereocenters. The fourth-order valence-corrected chi connectivity index (χ4v) is 4.94. The number of morpholine rings is 1. The Hall–Kier alpha value is -1.25. The molecule has 1 saturated heterocycles. The lowest BCUT2D eigenvalue weighted by Gasteiger charge is -2.31. The number of sulfonamides is 1. The van der Waals surface area contributed by atoms with Gasteiger partial charge in [0.25, 0.3) is 10.0 Å². The summed E-state index contributed by atoms with van der Waals surface area (Å²) in [6.07, 6.45) is 0. The molecule has 1 aliphatic rings. The van der Waals surface area contributed by atoms with Crippen molar-refractivity contribution < 1.29 is 13.2 Å². The van der Waals surface area contributed by atoms with Crippen LogP contribution in [0.25, 0.3) is 0 Å². The van der Waals surface area contributed by atoms with E-state index >= 15 is 0 Å². The molecule has 0 spiro atoms. The van der Waals surface area contributed by atoms with Gasteiger partial charge in [0, 0.05) is 19.6 Å². The van der Waals surface area contributed by atoms with Gasteiger partial charge in [-0.3, -0.25) is 4.90 Å². The summed E-state index contributed by atoms with van der Waals surface area (Å²) in [6.45, 7) is 5.69. The molecule has 1 aromatic heterocycles. The highest BCUT2D eigenvalue weighted by Crippen LogP contribution is 2.22. The second kappa shape index (κ2) is 7.76. The number of nitrogens with zero attached hydrogens (tertiary/aromatic N) is 1. The highest BCUT2D eigenvalue weighted by Gasteiger charge is 2.25. The second-order valence-corrected chi connectivity index (χ2v) is 8.82. The molecule has 5 nitrogen and oxygen atoms in total. The molecule has 1 aromatic carbocycles. The van der Waals surface area contributed by atoms with Crippen LogP contribution in [0.2, 0.25) is 0 Å².